The quantitative estimate of drug-likeness (QED) is 0.175. The Bertz CT molecular complexity index is 1050. The van der Waals surface area contributed by atoms with E-state index in [4.69, 9.17) is 5.73 Å². The number of amides is 2. The molecule has 0 bridgehead atoms. The van der Waals surface area contributed by atoms with E-state index in [1.165, 1.54) is 22.7 Å². The molecule has 3 aliphatic rings. The van der Waals surface area contributed by atoms with Crippen molar-refractivity contribution in [3.63, 3.8) is 0 Å². The normalized spacial score (nSPS) is 25.9. The molecule has 43 heavy (non-hydrogen) atoms. The molecule has 248 valence electrons. The molecule has 2 unspecified atom stereocenters. The van der Waals surface area contributed by atoms with Crippen LogP contribution in [0.1, 0.15) is 112 Å². The minimum atomic E-state index is -3.57. The molecule has 4 atom stereocenters. The SMILES string of the molecule is CC(C)CN([C@H](CO)CCCCNC(=O)[C@H](CC1=CNC2CCCCC12)NC(=O)C(C)(C)C)S(=O)(=O)C1CCC(N)CC1. The largest absolute Gasteiger partial charge is 0.395 e. The third-order valence-electron chi connectivity index (χ3n) is 9.36. The highest BCUT2D eigenvalue weighted by molar-refractivity contribution is 7.89. The molecule has 10 nitrogen and oxygen atoms in total. The predicted molar refractivity (Wildman–Crippen MR) is 171 cm³/mol. The number of unbranched alkanes of at least 4 members (excludes halogenated alkanes) is 1. The summed E-state index contributed by atoms with van der Waals surface area (Å²) in [6, 6.07) is -0.658. The predicted octanol–water partition coefficient (Wildman–Crippen LogP) is 3.16. The zero-order valence-electron chi connectivity index (χ0n) is 27.2. The van der Waals surface area contributed by atoms with Crippen molar-refractivity contribution in [1.29, 1.82) is 0 Å². The number of fused-ring (bicyclic) bond motifs is 1. The van der Waals surface area contributed by atoms with E-state index in [0.717, 1.165) is 12.8 Å². The molecule has 1 aliphatic heterocycles. The first-order chi connectivity index (χ1) is 20.2. The van der Waals surface area contributed by atoms with Crippen molar-refractivity contribution in [2.24, 2.45) is 23.0 Å². The molecule has 0 aromatic rings. The van der Waals surface area contributed by atoms with Crippen LogP contribution < -0.4 is 21.7 Å². The van der Waals surface area contributed by atoms with Crippen molar-refractivity contribution in [2.75, 3.05) is 19.7 Å². The number of hydrogen-bond donors (Lipinski definition) is 5. The first-order valence-corrected chi connectivity index (χ1v) is 18.1. The van der Waals surface area contributed by atoms with Gasteiger partial charge in [0.25, 0.3) is 0 Å². The summed E-state index contributed by atoms with van der Waals surface area (Å²) in [6.45, 7) is 10.1. The number of rotatable bonds is 15. The average Bonchev–Trinajstić information content (AvgIpc) is 3.35. The van der Waals surface area contributed by atoms with E-state index in [2.05, 4.69) is 22.2 Å². The minimum absolute atomic E-state index is 0.0611. The number of nitrogens with zero attached hydrogens (tertiary/aromatic N) is 1. The Morgan fingerprint density at radius 1 is 1.09 bits per heavy atom. The summed E-state index contributed by atoms with van der Waals surface area (Å²) >= 11 is 0. The van der Waals surface area contributed by atoms with Crippen LogP contribution in [0.4, 0.5) is 0 Å². The third kappa shape index (κ3) is 10.2. The first-order valence-electron chi connectivity index (χ1n) is 16.6. The van der Waals surface area contributed by atoms with Crippen LogP contribution in [0.3, 0.4) is 0 Å². The molecule has 2 amide bonds. The van der Waals surface area contributed by atoms with E-state index < -0.39 is 32.8 Å². The van der Waals surface area contributed by atoms with Gasteiger partial charge >= 0.3 is 0 Å². The van der Waals surface area contributed by atoms with Crippen LogP contribution in [-0.4, -0.2) is 78.8 Å². The van der Waals surface area contributed by atoms with Crippen LogP contribution in [0, 0.1) is 17.3 Å². The molecule has 0 aromatic carbocycles. The lowest BCUT2D eigenvalue weighted by molar-refractivity contribution is -0.133. The van der Waals surface area contributed by atoms with E-state index in [1.54, 1.807) is 0 Å². The van der Waals surface area contributed by atoms with Crippen LogP contribution >= 0.6 is 0 Å². The highest BCUT2D eigenvalue weighted by Crippen LogP contribution is 2.36. The van der Waals surface area contributed by atoms with Crippen LogP contribution in [0.2, 0.25) is 0 Å². The summed E-state index contributed by atoms with van der Waals surface area (Å²) in [7, 11) is -3.57. The number of aliphatic hydroxyl groups excluding tert-OH is 1. The maximum absolute atomic E-state index is 13.6. The Hall–Kier alpha value is -1.69. The lowest BCUT2D eigenvalue weighted by Crippen LogP contribution is -2.50. The lowest BCUT2D eigenvalue weighted by atomic mass is 9.80. The van der Waals surface area contributed by atoms with E-state index in [0.29, 0.717) is 76.4 Å². The standard InChI is InChI=1S/C32H59N5O5S/c1-22(2)20-37(43(41,42)26-15-13-24(33)14-16-26)25(21-38)10-8-9-17-34-30(39)29(36-31(40)32(3,4)5)18-23-19-35-28-12-7-6-11-27(23)28/h19,22,24-29,35,38H,6-18,20-21,33H2,1-5H3,(H,34,39)(H,36,40)/t24?,25-,26?,27?,28?,29-/m0/s1. The van der Waals surface area contributed by atoms with E-state index in [1.807, 2.05) is 34.6 Å². The molecule has 2 aliphatic carbocycles. The zero-order chi connectivity index (χ0) is 31.8. The van der Waals surface area contributed by atoms with E-state index in [9.17, 15) is 23.1 Å². The maximum Gasteiger partial charge on any atom is 0.242 e. The van der Waals surface area contributed by atoms with Gasteiger partial charge in [0.15, 0.2) is 0 Å². The summed E-state index contributed by atoms with van der Waals surface area (Å²) in [5, 5.41) is 19.3. The number of nitrogens with one attached hydrogen (secondary N) is 3. The topological polar surface area (TPSA) is 154 Å². The molecular formula is C32H59N5O5S. The third-order valence-corrected chi connectivity index (χ3v) is 11.8. The highest BCUT2D eigenvalue weighted by Gasteiger charge is 2.38. The number of nitrogens with two attached hydrogens (primary N) is 1. The molecule has 0 spiro atoms. The Morgan fingerprint density at radius 3 is 2.40 bits per heavy atom. The first kappa shape index (κ1) is 35.8. The lowest BCUT2D eigenvalue weighted by Gasteiger charge is -2.36. The van der Waals surface area contributed by atoms with Crippen molar-refractivity contribution >= 4 is 21.8 Å². The summed E-state index contributed by atoms with van der Waals surface area (Å²) in [5.41, 5.74) is 6.61. The van der Waals surface area contributed by atoms with Crippen LogP contribution in [-0.2, 0) is 19.6 Å². The van der Waals surface area contributed by atoms with Crippen molar-refractivity contribution in [2.45, 2.75) is 141 Å². The van der Waals surface area contributed by atoms with Crippen molar-refractivity contribution < 1.29 is 23.1 Å². The van der Waals surface area contributed by atoms with E-state index >= 15 is 0 Å². The minimum Gasteiger partial charge on any atom is -0.395 e. The van der Waals surface area contributed by atoms with Crippen LogP contribution in [0.15, 0.2) is 11.8 Å². The molecule has 0 radical (unpaired) electrons. The summed E-state index contributed by atoms with van der Waals surface area (Å²) in [6.07, 6.45) is 11.5. The summed E-state index contributed by atoms with van der Waals surface area (Å²) in [4.78, 5) is 26.2. The van der Waals surface area contributed by atoms with Gasteiger partial charge in [0.05, 0.1) is 11.9 Å². The van der Waals surface area contributed by atoms with Gasteiger partial charge in [0, 0.05) is 42.5 Å². The molecule has 2 saturated carbocycles. The number of carbonyl (C=O) groups excluding carboxylic acids is 2. The average molecular weight is 626 g/mol. The second-order valence-corrected chi connectivity index (χ2v) is 16.7. The smallest absolute Gasteiger partial charge is 0.242 e. The fourth-order valence-electron chi connectivity index (χ4n) is 6.69. The summed E-state index contributed by atoms with van der Waals surface area (Å²) in [5.74, 6) is 0.192. The Balaban J connectivity index is 1.56. The van der Waals surface area contributed by atoms with Gasteiger partial charge in [0.1, 0.15) is 6.04 Å². The molecule has 11 heteroatoms. The Kier molecular flexibility index (Phi) is 13.4. The van der Waals surface area contributed by atoms with Crippen molar-refractivity contribution in [3.05, 3.63) is 11.8 Å². The van der Waals surface area contributed by atoms with Crippen LogP contribution in [0.5, 0.6) is 0 Å². The molecule has 1 heterocycles. The number of aliphatic hydroxyl groups is 1. The number of hydrogen-bond acceptors (Lipinski definition) is 7. The van der Waals surface area contributed by atoms with Gasteiger partial charge in [-0.3, -0.25) is 9.59 Å². The molecule has 2 fully saturated rings. The molecule has 0 saturated heterocycles. The van der Waals surface area contributed by atoms with Crippen molar-refractivity contribution in [3.8, 4) is 0 Å². The Labute approximate surface area is 260 Å². The van der Waals surface area contributed by atoms with Gasteiger partial charge in [-0.25, -0.2) is 8.42 Å². The zero-order valence-corrected chi connectivity index (χ0v) is 28.1. The Morgan fingerprint density at radius 2 is 1.77 bits per heavy atom. The summed E-state index contributed by atoms with van der Waals surface area (Å²) < 4.78 is 28.8. The van der Waals surface area contributed by atoms with E-state index in [-0.39, 0.29) is 30.4 Å². The fourth-order valence-corrected chi connectivity index (χ4v) is 9.03. The second kappa shape index (κ2) is 16.0. The monoisotopic (exact) mass is 625 g/mol. The molecule has 0 aromatic heterocycles. The fraction of sp³-hybridized carbons (Fsp3) is 0.875. The van der Waals surface area contributed by atoms with Gasteiger partial charge in [-0.05, 0) is 75.5 Å². The van der Waals surface area contributed by atoms with Gasteiger partial charge in [-0.15, -0.1) is 0 Å². The van der Waals surface area contributed by atoms with Gasteiger partial charge in [0.2, 0.25) is 21.8 Å². The number of sulfonamides is 1. The second-order valence-electron chi connectivity index (χ2n) is 14.5. The molecular weight excluding hydrogens is 566 g/mol. The van der Waals surface area contributed by atoms with Gasteiger partial charge in [-0.1, -0.05) is 53.9 Å². The maximum atomic E-state index is 13.6. The molecule has 3 rings (SSSR count). The highest BCUT2D eigenvalue weighted by atomic mass is 32.2. The molecule has 6 N–H and O–H groups in total. The van der Waals surface area contributed by atoms with Crippen LogP contribution in [0.25, 0.3) is 0 Å². The van der Waals surface area contributed by atoms with Gasteiger partial charge < -0.3 is 26.8 Å². The van der Waals surface area contributed by atoms with Crippen molar-refractivity contribution in [1.82, 2.24) is 20.3 Å². The van der Waals surface area contributed by atoms with Gasteiger partial charge in [-0.2, -0.15) is 4.31 Å². The number of carbonyl (C=O) groups is 2.